The van der Waals surface area contributed by atoms with Crippen molar-refractivity contribution >= 4 is 17.9 Å². The lowest BCUT2D eigenvalue weighted by Crippen LogP contribution is -2.38. The van der Waals surface area contributed by atoms with Gasteiger partial charge in [0.15, 0.2) is 0 Å². The van der Waals surface area contributed by atoms with Crippen LogP contribution < -0.4 is 5.32 Å². The Morgan fingerprint density at radius 3 is 2.64 bits per heavy atom. The largest absolute Gasteiger partial charge is 0.463 e. The average molecular weight is 383 g/mol. The molecule has 2 heterocycles. The number of pyridine rings is 1. The fourth-order valence-corrected chi connectivity index (χ4v) is 3.24. The van der Waals surface area contributed by atoms with Crippen LogP contribution in [0.5, 0.6) is 0 Å². The lowest BCUT2D eigenvalue weighted by molar-refractivity contribution is -0.137. The maximum Gasteiger partial charge on any atom is 0.330 e. The number of anilines is 1. The number of nitrogens with one attached hydrogen (secondary N) is 1. The van der Waals surface area contributed by atoms with Gasteiger partial charge < -0.3 is 10.1 Å². The van der Waals surface area contributed by atoms with Crippen LogP contribution in [0.25, 0.3) is 6.08 Å². The van der Waals surface area contributed by atoms with Crippen LogP contribution in [0.2, 0.25) is 0 Å². The van der Waals surface area contributed by atoms with Crippen molar-refractivity contribution < 1.29 is 13.9 Å². The molecule has 1 N–H and O–H groups in total. The molecular formula is C22H26FN3O2. The Labute approximate surface area is 165 Å². The summed E-state index contributed by atoms with van der Waals surface area (Å²) in [5, 5.41) is 3.48. The molecule has 0 radical (unpaired) electrons. The fourth-order valence-electron chi connectivity index (χ4n) is 3.24. The zero-order chi connectivity index (χ0) is 19.8. The Morgan fingerprint density at radius 1 is 1.25 bits per heavy atom. The Morgan fingerprint density at radius 2 is 2.00 bits per heavy atom. The van der Waals surface area contributed by atoms with Crippen LogP contribution in [0, 0.1) is 5.82 Å². The van der Waals surface area contributed by atoms with Crippen LogP contribution in [0.15, 0.2) is 48.7 Å². The third-order valence-corrected chi connectivity index (χ3v) is 4.74. The second-order valence-electron chi connectivity index (χ2n) is 6.88. The summed E-state index contributed by atoms with van der Waals surface area (Å²) in [6.45, 7) is 4.99. The van der Waals surface area contributed by atoms with Gasteiger partial charge in [0, 0.05) is 37.9 Å². The lowest BCUT2D eigenvalue weighted by atomic mass is 10.0. The topological polar surface area (TPSA) is 54.5 Å². The van der Waals surface area contributed by atoms with Crippen LogP contribution in [0.3, 0.4) is 0 Å². The number of carbonyl (C=O) groups excluding carboxylic acids is 1. The van der Waals surface area contributed by atoms with E-state index in [9.17, 15) is 9.18 Å². The number of hydrogen-bond donors (Lipinski definition) is 1. The highest BCUT2D eigenvalue weighted by atomic mass is 19.1. The molecule has 28 heavy (non-hydrogen) atoms. The highest BCUT2D eigenvalue weighted by molar-refractivity contribution is 5.86. The summed E-state index contributed by atoms with van der Waals surface area (Å²) in [4.78, 5) is 18.2. The fraction of sp³-hybridized carbons (Fsp3) is 0.364. The van der Waals surface area contributed by atoms with E-state index in [1.807, 2.05) is 24.3 Å². The number of likely N-dealkylation sites (tertiary alicyclic amines) is 1. The van der Waals surface area contributed by atoms with Crippen molar-refractivity contribution in [3.63, 3.8) is 0 Å². The minimum atomic E-state index is -0.350. The summed E-state index contributed by atoms with van der Waals surface area (Å²) < 4.78 is 17.9. The number of ether oxygens (including phenoxy) is 1. The van der Waals surface area contributed by atoms with Crippen LogP contribution in [-0.2, 0) is 16.1 Å². The van der Waals surface area contributed by atoms with Crippen LogP contribution in [0.4, 0.5) is 10.2 Å². The SMILES string of the molecule is CCOC(=O)C=Cc1ccc(NC2CCN(Cc3ccc(F)cc3)CC2)nc1. The predicted octanol–water partition coefficient (Wildman–Crippen LogP) is 3.87. The van der Waals surface area contributed by atoms with Gasteiger partial charge in [-0.2, -0.15) is 0 Å². The summed E-state index contributed by atoms with van der Waals surface area (Å²) >= 11 is 0. The maximum atomic E-state index is 13.0. The molecule has 1 fully saturated rings. The first-order valence-corrected chi connectivity index (χ1v) is 9.66. The van der Waals surface area contributed by atoms with Crippen LogP contribution in [0.1, 0.15) is 30.9 Å². The zero-order valence-corrected chi connectivity index (χ0v) is 16.1. The summed E-state index contributed by atoms with van der Waals surface area (Å²) in [5.41, 5.74) is 1.99. The second kappa shape index (κ2) is 9.99. The van der Waals surface area contributed by atoms with Gasteiger partial charge in [0.1, 0.15) is 11.6 Å². The van der Waals surface area contributed by atoms with Gasteiger partial charge in [-0.05, 0) is 61.2 Å². The number of esters is 1. The first-order chi connectivity index (χ1) is 13.6. The van der Waals surface area contributed by atoms with Gasteiger partial charge in [0.05, 0.1) is 6.61 Å². The molecule has 0 atom stereocenters. The van der Waals surface area contributed by atoms with Crippen molar-refractivity contribution in [2.45, 2.75) is 32.4 Å². The molecule has 0 bridgehead atoms. The van der Waals surface area contributed by atoms with Crippen molar-refractivity contribution in [2.75, 3.05) is 25.0 Å². The van der Waals surface area contributed by atoms with E-state index in [0.717, 1.165) is 49.4 Å². The molecule has 1 saturated heterocycles. The molecule has 1 aliphatic rings. The van der Waals surface area contributed by atoms with Crippen molar-refractivity contribution in [2.24, 2.45) is 0 Å². The second-order valence-corrected chi connectivity index (χ2v) is 6.88. The van der Waals surface area contributed by atoms with E-state index < -0.39 is 0 Å². The first kappa shape index (κ1) is 20.0. The molecule has 0 spiro atoms. The molecule has 1 aromatic carbocycles. The molecule has 1 aromatic heterocycles. The van der Waals surface area contributed by atoms with Crippen LogP contribution in [-0.4, -0.2) is 41.6 Å². The quantitative estimate of drug-likeness (QED) is 0.581. The summed E-state index contributed by atoms with van der Waals surface area (Å²) in [6, 6.07) is 11.0. The van der Waals surface area contributed by atoms with E-state index in [2.05, 4.69) is 15.2 Å². The molecule has 0 aliphatic carbocycles. The third-order valence-electron chi connectivity index (χ3n) is 4.74. The Bertz CT molecular complexity index is 782. The van der Waals surface area contributed by atoms with Gasteiger partial charge in [-0.1, -0.05) is 12.1 Å². The van der Waals surface area contributed by atoms with Gasteiger partial charge in [0.25, 0.3) is 0 Å². The van der Waals surface area contributed by atoms with E-state index in [4.69, 9.17) is 4.74 Å². The van der Waals surface area contributed by atoms with Crippen molar-refractivity contribution in [1.82, 2.24) is 9.88 Å². The molecular weight excluding hydrogens is 357 g/mol. The number of aromatic nitrogens is 1. The molecule has 6 heteroatoms. The third kappa shape index (κ3) is 6.16. The van der Waals surface area contributed by atoms with Crippen molar-refractivity contribution in [1.29, 1.82) is 0 Å². The van der Waals surface area contributed by atoms with Gasteiger partial charge in [0.2, 0.25) is 0 Å². The smallest absolute Gasteiger partial charge is 0.330 e. The molecule has 148 valence electrons. The summed E-state index contributed by atoms with van der Waals surface area (Å²) in [6.07, 6.45) is 6.91. The van der Waals surface area contributed by atoms with E-state index in [-0.39, 0.29) is 11.8 Å². The Hall–Kier alpha value is -2.73. The Balaban J connectivity index is 1.44. The van der Waals surface area contributed by atoms with Crippen molar-refractivity contribution in [3.8, 4) is 0 Å². The summed E-state index contributed by atoms with van der Waals surface area (Å²) in [7, 11) is 0. The average Bonchev–Trinajstić information content (AvgIpc) is 2.71. The standard InChI is InChI=1S/C22H26FN3O2/c1-2-28-22(27)10-6-17-5-9-21(24-15-17)25-20-11-13-26(14-12-20)16-18-3-7-19(23)8-4-18/h3-10,15,20H,2,11-14,16H2,1H3,(H,24,25). The molecule has 3 rings (SSSR count). The number of rotatable bonds is 7. The number of halogens is 1. The predicted molar refractivity (Wildman–Crippen MR) is 108 cm³/mol. The van der Waals surface area contributed by atoms with E-state index in [0.29, 0.717) is 12.6 Å². The van der Waals surface area contributed by atoms with Crippen molar-refractivity contribution in [3.05, 3.63) is 65.6 Å². The molecule has 0 amide bonds. The minimum Gasteiger partial charge on any atom is -0.463 e. The normalized spacial score (nSPS) is 15.6. The molecule has 5 nitrogen and oxygen atoms in total. The lowest BCUT2D eigenvalue weighted by Gasteiger charge is -2.32. The van der Waals surface area contributed by atoms with E-state index >= 15 is 0 Å². The molecule has 1 aliphatic heterocycles. The number of nitrogens with zero attached hydrogens (tertiary/aromatic N) is 2. The van der Waals surface area contributed by atoms with Gasteiger partial charge in [-0.3, -0.25) is 4.90 Å². The first-order valence-electron chi connectivity index (χ1n) is 9.66. The minimum absolute atomic E-state index is 0.193. The number of hydrogen-bond acceptors (Lipinski definition) is 5. The molecule has 0 unspecified atom stereocenters. The Kier molecular flexibility index (Phi) is 7.14. The highest BCUT2D eigenvalue weighted by Crippen LogP contribution is 2.18. The maximum absolute atomic E-state index is 13.0. The zero-order valence-electron chi connectivity index (χ0n) is 16.1. The van der Waals surface area contributed by atoms with E-state index in [1.165, 1.54) is 18.2 Å². The summed E-state index contributed by atoms with van der Waals surface area (Å²) in [5.74, 6) is 0.295. The molecule has 2 aromatic rings. The van der Waals surface area contributed by atoms with Gasteiger partial charge in [-0.25, -0.2) is 14.2 Å². The number of benzene rings is 1. The van der Waals surface area contributed by atoms with Crippen LogP contribution >= 0.6 is 0 Å². The van der Waals surface area contributed by atoms with Gasteiger partial charge in [-0.15, -0.1) is 0 Å². The van der Waals surface area contributed by atoms with Gasteiger partial charge >= 0.3 is 5.97 Å². The highest BCUT2D eigenvalue weighted by Gasteiger charge is 2.19. The number of piperidine rings is 1. The molecule has 0 saturated carbocycles. The monoisotopic (exact) mass is 383 g/mol. The number of carbonyl (C=O) groups is 1. The van der Waals surface area contributed by atoms with E-state index in [1.54, 1.807) is 19.2 Å².